The van der Waals surface area contributed by atoms with Gasteiger partial charge in [0.1, 0.15) is 6.42 Å². The summed E-state index contributed by atoms with van der Waals surface area (Å²) in [6.07, 6.45) is -1.26. The van der Waals surface area contributed by atoms with Gasteiger partial charge in [0.2, 0.25) is 5.91 Å². The fourth-order valence-electron chi connectivity index (χ4n) is 2.82. The quantitative estimate of drug-likeness (QED) is 0.610. The van der Waals surface area contributed by atoms with Crippen molar-refractivity contribution in [1.82, 2.24) is 0 Å². The number of anilines is 2. The van der Waals surface area contributed by atoms with Crippen molar-refractivity contribution >= 4 is 39.9 Å². The zero-order chi connectivity index (χ0) is 21.5. The van der Waals surface area contributed by atoms with Gasteiger partial charge in [-0.2, -0.15) is 5.26 Å². The second-order valence-corrected chi connectivity index (χ2v) is 6.52. The summed E-state index contributed by atoms with van der Waals surface area (Å²) < 4.78 is 5.26. The van der Waals surface area contributed by atoms with Crippen LogP contribution in [0.1, 0.15) is 23.7 Å². The Morgan fingerprint density at radius 2 is 1.67 bits per heavy atom. The average Bonchev–Trinajstić information content (AvgIpc) is 2.74. The van der Waals surface area contributed by atoms with Crippen LogP contribution in [0.15, 0.2) is 66.7 Å². The number of carbonyl (C=O) groups excluding carboxylic acids is 3. The van der Waals surface area contributed by atoms with Gasteiger partial charge in [-0.3, -0.25) is 9.59 Å². The third kappa shape index (κ3) is 5.00. The van der Waals surface area contributed by atoms with Crippen molar-refractivity contribution in [1.29, 1.82) is 5.26 Å². The molecule has 0 aliphatic carbocycles. The fourth-order valence-corrected chi connectivity index (χ4v) is 2.82. The molecule has 0 aliphatic heterocycles. The topological polar surface area (TPSA) is 108 Å². The van der Waals surface area contributed by atoms with Crippen LogP contribution in [0.5, 0.6) is 0 Å². The Balaban J connectivity index is 1.61. The molecule has 0 heterocycles. The lowest BCUT2D eigenvalue weighted by atomic mass is 10.1. The van der Waals surface area contributed by atoms with E-state index in [0.717, 1.165) is 10.8 Å². The van der Waals surface area contributed by atoms with E-state index in [1.54, 1.807) is 12.1 Å². The number of benzene rings is 3. The number of amides is 2. The number of nitrogens with zero attached hydrogens (tertiary/aromatic N) is 1. The molecule has 0 saturated carbocycles. The Morgan fingerprint density at radius 3 is 2.40 bits per heavy atom. The molecule has 1 atom stereocenters. The Morgan fingerprint density at radius 1 is 0.967 bits per heavy atom. The Labute approximate surface area is 173 Å². The highest BCUT2D eigenvalue weighted by Gasteiger charge is 2.19. The summed E-state index contributed by atoms with van der Waals surface area (Å²) >= 11 is 0. The van der Waals surface area contributed by atoms with Gasteiger partial charge in [0.25, 0.3) is 5.91 Å². The van der Waals surface area contributed by atoms with Crippen molar-refractivity contribution in [2.75, 3.05) is 10.6 Å². The molecule has 0 saturated heterocycles. The number of carbonyl (C=O) groups is 3. The number of hydrogen-bond donors (Lipinski definition) is 2. The van der Waals surface area contributed by atoms with E-state index in [2.05, 4.69) is 10.6 Å². The number of nitriles is 1. The summed E-state index contributed by atoms with van der Waals surface area (Å²) in [5, 5.41) is 15.7. The smallest absolute Gasteiger partial charge is 0.338 e. The van der Waals surface area contributed by atoms with Crippen molar-refractivity contribution < 1.29 is 19.1 Å². The minimum atomic E-state index is -1.01. The molecular weight excluding hydrogens is 382 g/mol. The summed E-state index contributed by atoms with van der Waals surface area (Å²) in [7, 11) is 0. The van der Waals surface area contributed by atoms with E-state index < -0.39 is 23.9 Å². The van der Waals surface area contributed by atoms with E-state index in [9.17, 15) is 14.4 Å². The third-order valence-corrected chi connectivity index (χ3v) is 4.34. The molecule has 150 valence electrons. The SMILES string of the molecule is C[C@@H](OC(=O)c1ccc(NC(=O)CC#N)cc1)C(=O)Nc1cccc2ccccc12. The summed E-state index contributed by atoms with van der Waals surface area (Å²) in [6, 6.07) is 21.0. The van der Waals surface area contributed by atoms with E-state index in [1.165, 1.54) is 31.2 Å². The molecule has 3 aromatic carbocycles. The zero-order valence-electron chi connectivity index (χ0n) is 16.2. The third-order valence-electron chi connectivity index (χ3n) is 4.34. The number of fused-ring (bicyclic) bond motifs is 1. The fraction of sp³-hybridized carbons (Fsp3) is 0.130. The number of hydrogen-bond acceptors (Lipinski definition) is 5. The van der Waals surface area contributed by atoms with Crippen LogP contribution < -0.4 is 10.6 Å². The molecule has 0 aliphatic rings. The Bertz CT molecular complexity index is 1130. The van der Waals surface area contributed by atoms with Gasteiger partial charge in [0.15, 0.2) is 6.10 Å². The minimum Gasteiger partial charge on any atom is -0.449 e. The van der Waals surface area contributed by atoms with E-state index in [4.69, 9.17) is 10.00 Å². The number of rotatable bonds is 6. The molecule has 0 fully saturated rings. The molecule has 7 heteroatoms. The van der Waals surface area contributed by atoms with Gasteiger partial charge in [0.05, 0.1) is 11.6 Å². The highest BCUT2D eigenvalue weighted by Crippen LogP contribution is 2.23. The van der Waals surface area contributed by atoms with Crippen molar-refractivity contribution in [3.63, 3.8) is 0 Å². The number of ether oxygens (including phenoxy) is 1. The number of esters is 1. The molecule has 2 N–H and O–H groups in total. The summed E-state index contributed by atoms with van der Waals surface area (Å²) in [6.45, 7) is 1.49. The molecule has 0 bridgehead atoms. The van der Waals surface area contributed by atoms with Gasteiger partial charge in [-0.25, -0.2) is 4.79 Å². The normalized spacial score (nSPS) is 11.2. The maximum absolute atomic E-state index is 12.5. The molecule has 30 heavy (non-hydrogen) atoms. The molecule has 0 spiro atoms. The first kappa shape index (κ1) is 20.6. The van der Waals surface area contributed by atoms with Crippen LogP contribution in [0.4, 0.5) is 11.4 Å². The predicted molar refractivity (Wildman–Crippen MR) is 113 cm³/mol. The lowest BCUT2D eigenvalue weighted by molar-refractivity contribution is -0.123. The van der Waals surface area contributed by atoms with Crippen molar-refractivity contribution in [2.24, 2.45) is 0 Å². The summed E-state index contributed by atoms with van der Waals surface area (Å²) in [4.78, 5) is 36.2. The first-order chi connectivity index (χ1) is 14.5. The van der Waals surface area contributed by atoms with Crippen LogP contribution in [0.3, 0.4) is 0 Å². The lowest BCUT2D eigenvalue weighted by Crippen LogP contribution is -2.30. The largest absolute Gasteiger partial charge is 0.449 e. The van der Waals surface area contributed by atoms with Crippen LogP contribution in [0, 0.1) is 11.3 Å². The van der Waals surface area contributed by atoms with Gasteiger partial charge in [-0.15, -0.1) is 0 Å². The highest BCUT2D eigenvalue weighted by molar-refractivity contribution is 6.04. The molecular formula is C23H19N3O4. The van der Waals surface area contributed by atoms with Crippen LogP contribution in [-0.4, -0.2) is 23.9 Å². The molecule has 0 aromatic heterocycles. The lowest BCUT2D eigenvalue weighted by Gasteiger charge is -2.15. The van der Waals surface area contributed by atoms with Crippen LogP contribution >= 0.6 is 0 Å². The summed E-state index contributed by atoms with van der Waals surface area (Å²) in [5.41, 5.74) is 1.32. The average molecular weight is 401 g/mol. The van der Waals surface area contributed by atoms with Crippen LogP contribution in [0.2, 0.25) is 0 Å². The standard InChI is InChI=1S/C23H19N3O4/c1-15(22(28)26-20-8-4-6-16-5-2-3-7-19(16)20)30-23(29)17-9-11-18(12-10-17)25-21(27)13-14-24/h2-12,15H,13H2,1H3,(H,25,27)(H,26,28)/t15-/m1/s1. The van der Waals surface area contributed by atoms with E-state index in [1.807, 2.05) is 36.4 Å². The maximum Gasteiger partial charge on any atom is 0.338 e. The molecule has 3 rings (SSSR count). The molecule has 2 amide bonds. The van der Waals surface area contributed by atoms with Crippen molar-refractivity contribution in [2.45, 2.75) is 19.4 Å². The van der Waals surface area contributed by atoms with Crippen LogP contribution in [0.25, 0.3) is 10.8 Å². The van der Waals surface area contributed by atoms with Gasteiger partial charge >= 0.3 is 5.97 Å². The second kappa shape index (κ2) is 9.34. The molecule has 7 nitrogen and oxygen atoms in total. The van der Waals surface area contributed by atoms with Gasteiger partial charge in [0, 0.05) is 16.8 Å². The second-order valence-electron chi connectivity index (χ2n) is 6.52. The number of nitrogens with one attached hydrogen (secondary N) is 2. The van der Waals surface area contributed by atoms with Crippen LogP contribution in [-0.2, 0) is 14.3 Å². The minimum absolute atomic E-state index is 0.234. The Hall–Kier alpha value is -4.18. The molecule has 3 aromatic rings. The van der Waals surface area contributed by atoms with Crippen molar-refractivity contribution in [3.05, 3.63) is 72.3 Å². The summed E-state index contributed by atoms with van der Waals surface area (Å²) in [5.74, 6) is -1.54. The van der Waals surface area contributed by atoms with Gasteiger partial charge < -0.3 is 15.4 Å². The Kier molecular flexibility index (Phi) is 6.40. The first-order valence-electron chi connectivity index (χ1n) is 9.24. The van der Waals surface area contributed by atoms with Crippen molar-refractivity contribution in [3.8, 4) is 6.07 Å². The predicted octanol–water partition coefficient (Wildman–Crippen LogP) is 3.88. The molecule has 0 radical (unpaired) electrons. The van der Waals surface area contributed by atoms with E-state index >= 15 is 0 Å². The van der Waals surface area contributed by atoms with Gasteiger partial charge in [-0.05, 0) is 42.6 Å². The zero-order valence-corrected chi connectivity index (χ0v) is 16.2. The monoisotopic (exact) mass is 401 g/mol. The maximum atomic E-state index is 12.5. The van der Waals surface area contributed by atoms with E-state index in [-0.39, 0.29) is 12.0 Å². The van der Waals surface area contributed by atoms with E-state index in [0.29, 0.717) is 11.4 Å². The van der Waals surface area contributed by atoms with Gasteiger partial charge in [-0.1, -0.05) is 36.4 Å². The first-order valence-corrected chi connectivity index (χ1v) is 9.24. The highest BCUT2D eigenvalue weighted by atomic mass is 16.5. The molecule has 0 unspecified atom stereocenters.